The normalized spacial score (nSPS) is 14.6. The molecule has 0 radical (unpaired) electrons. The van der Waals surface area contributed by atoms with Crippen LogP contribution >= 0.6 is 0 Å². The van der Waals surface area contributed by atoms with E-state index in [1.165, 1.54) is 0 Å². The summed E-state index contributed by atoms with van der Waals surface area (Å²) in [4.78, 5) is 11.6. The molecule has 0 aromatic heterocycles. The van der Waals surface area contributed by atoms with Crippen molar-refractivity contribution in [1.29, 1.82) is 0 Å². The van der Waals surface area contributed by atoms with Gasteiger partial charge < -0.3 is 15.2 Å². The van der Waals surface area contributed by atoms with E-state index >= 15 is 0 Å². The van der Waals surface area contributed by atoms with E-state index in [0.717, 1.165) is 22.3 Å². The van der Waals surface area contributed by atoms with Gasteiger partial charge in [-0.05, 0) is 22.3 Å². The van der Waals surface area contributed by atoms with Crippen LogP contribution in [0, 0.1) is 0 Å². The number of amides is 1. The van der Waals surface area contributed by atoms with Gasteiger partial charge in [0.1, 0.15) is 6.61 Å². The Bertz CT molecular complexity index is 731. The lowest BCUT2D eigenvalue weighted by Crippen LogP contribution is -2.41. The number of rotatable bonds is 4. The van der Waals surface area contributed by atoms with Gasteiger partial charge in [-0.2, -0.15) is 13.2 Å². The van der Waals surface area contributed by atoms with E-state index in [2.05, 4.69) is 0 Å². The summed E-state index contributed by atoms with van der Waals surface area (Å²) in [5.74, 6) is -0.175. The Hall–Kier alpha value is -2.54. The molecule has 1 atom stereocenters. The number of aliphatic hydroxyl groups is 1. The zero-order valence-corrected chi connectivity index (χ0v) is 13.1. The first-order chi connectivity index (χ1) is 11.9. The molecule has 25 heavy (non-hydrogen) atoms. The average molecular weight is 351 g/mol. The summed E-state index contributed by atoms with van der Waals surface area (Å²) in [5, 5.41) is 10.8. The predicted octanol–water partition coefficient (Wildman–Crippen LogP) is 3.45. The van der Waals surface area contributed by atoms with E-state index < -0.39 is 24.9 Å². The number of halogens is 3. The van der Waals surface area contributed by atoms with Crippen molar-refractivity contribution >= 4 is 6.09 Å². The van der Waals surface area contributed by atoms with E-state index in [1.54, 1.807) is 0 Å². The lowest BCUT2D eigenvalue weighted by Gasteiger charge is -2.17. The van der Waals surface area contributed by atoms with Crippen LogP contribution in [0.15, 0.2) is 48.5 Å². The molecule has 1 amide bonds. The number of fused-ring (bicyclic) bond motifs is 3. The smallest absolute Gasteiger partial charge is 0.416 e. The molecule has 2 N–H and O–H groups in total. The van der Waals surface area contributed by atoms with Crippen LogP contribution in [0.25, 0.3) is 11.1 Å². The van der Waals surface area contributed by atoms with E-state index in [0.29, 0.717) is 0 Å². The second-order valence-electron chi connectivity index (χ2n) is 5.76. The molecule has 0 saturated heterocycles. The molecule has 0 aliphatic heterocycles. The molecule has 1 aliphatic rings. The molecule has 0 fully saturated rings. The summed E-state index contributed by atoms with van der Waals surface area (Å²) in [6.07, 6.45) is -8.39. The Kier molecular flexibility index (Phi) is 4.67. The summed E-state index contributed by atoms with van der Waals surface area (Å²) in [6, 6.07) is 15.5. The molecule has 132 valence electrons. The monoisotopic (exact) mass is 351 g/mol. The number of nitrogens with one attached hydrogen (secondary N) is 1. The minimum atomic E-state index is -4.78. The van der Waals surface area contributed by atoms with Crippen LogP contribution in [-0.2, 0) is 4.74 Å². The third-order valence-corrected chi connectivity index (χ3v) is 4.16. The van der Waals surface area contributed by atoms with Crippen molar-refractivity contribution in [1.82, 2.24) is 5.32 Å². The molecule has 7 heteroatoms. The molecular formula is C18H16F3NO3. The number of carbonyl (C=O) groups excluding carboxylic acids is 1. The number of ether oxygens (including phenoxy) is 1. The lowest BCUT2D eigenvalue weighted by atomic mass is 9.98. The number of aliphatic hydroxyl groups excluding tert-OH is 1. The fraction of sp³-hybridized carbons (Fsp3) is 0.278. The van der Waals surface area contributed by atoms with Crippen LogP contribution in [0.3, 0.4) is 0 Å². The quantitative estimate of drug-likeness (QED) is 0.887. The van der Waals surface area contributed by atoms with Crippen molar-refractivity contribution in [2.24, 2.45) is 0 Å². The van der Waals surface area contributed by atoms with Gasteiger partial charge in [0.25, 0.3) is 0 Å². The Labute approximate surface area is 142 Å². The molecular weight excluding hydrogens is 335 g/mol. The van der Waals surface area contributed by atoms with Gasteiger partial charge in [0, 0.05) is 5.92 Å². The highest BCUT2D eigenvalue weighted by Crippen LogP contribution is 2.44. The van der Waals surface area contributed by atoms with Gasteiger partial charge in [-0.3, -0.25) is 0 Å². The highest BCUT2D eigenvalue weighted by Gasteiger charge is 2.38. The zero-order chi connectivity index (χ0) is 18.0. The first-order valence-corrected chi connectivity index (χ1v) is 7.71. The SMILES string of the molecule is O=C(NCC(O)C(F)(F)F)OCC1c2ccccc2-c2ccccc21. The van der Waals surface area contributed by atoms with Gasteiger partial charge >= 0.3 is 12.3 Å². The molecule has 0 spiro atoms. The molecule has 4 nitrogen and oxygen atoms in total. The standard InChI is InChI=1S/C18H16F3NO3/c19-18(20,21)16(23)9-22-17(24)25-10-15-13-7-3-1-5-11(13)12-6-2-4-8-14(12)15/h1-8,15-16,23H,9-10H2,(H,22,24). The Balaban J connectivity index is 1.65. The van der Waals surface area contributed by atoms with Crippen molar-refractivity contribution in [2.75, 3.05) is 13.2 Å². The third-order valence-electron chi connectivity index (χ3n) is 4.16. The first-order valence-electron chi connectivity index (χ1n) is 7.71. The van der Waals surface area contributed by atoms with Crippen molar-refractivity contribution in [3.8, 4) is 11.1 Å². The van der Waals surface area contributed by atoms with Crippen molar-refractivity contribution in [3.63, 3.8) is 0 Å². The van der Waals surface area contributed by atoms with Gasteiger partial charge in [-0.25, -0.2) is 4.79 Å². The van der Waals surface area contributed by atoms with E-state index in [4.69, 9.17) is 9.84 Å². The minimum absolute atomic E-state index is 0.00196. The minimum Gasteiger partial charge on any atom is -0.449 e. The van der Waals surface area contributed by atoms with Gasteiger partial charge in [0.05, 0.1) is 6.54 Å². The van der Waals surface area contributed by atoms with Crippen molar-refractivity contribution < 1.29 is 27.8 Å². The Morgan fingerprint density at radius 1 is 1.08 bits per heavy atom. The molecule has 1 unspecified atom stereocenters. The predicted molar refractivity (Wildman–Crippen MR) is 85.1 cm³/mol. The number of benzene rings is 2. The number of alkyl carbamates (subject to hydrolysis) is 1. The number of alkyl halides is 3. The van der Waals surface area contributed by atoms with Crippen molar-refractivity contribution in [2.45, 2.75) is 18.2 Å². The average Bonchev–Trinajstić information content (AvgIpc) is 2.91. The maximum Gasteiger partial charge on any atom is 0.416 e. The number of hydrogen-bond donors (Lipinski definition) is 2. The molecule has 0 heterocycles. The van der Waals surface area contributed by atoms with Crippen LogP contribution in [0.2, 0.25) is 0 Å². The largest absolute Gasteiger partial charge is 0.449 e. The molecule has 2 aromatic carbocycles. The maximum atomic E-state index is 12.2. The van der Waals surface area contributed by atoms with Crippen LogP contribution in [0.1, 0.15) is 17.0 Å². The second-order valence-corrected chi connectivity index (χ2v) is 5.76. The summed E-state index contributed by atoms with van der Waals surface area (Å²) in [7, 11) is 0. The molecule has 3 rings (SSSR count). The number of carbonyl (C=O) groups is 1. The summed E-state index contributed by atoms with van der Waals surface area (Å²) >= 11 is 0. The Morgan fingerprint density at radius 2 is 1.60 bits per heavy atom. The van der Waals surface area contributed by atoms with Gasteiger partial charge in [0.2, 0.25) is 0 Å². The first kappa shape index (κ1) is 17.3. The van der Waals surface area contributed by atoms with Gasteiger partial charge in [-0.15, -0.1) is 0 Å². The van der Waals surface area contributed by atoms with Gasteiger partial charge in [-0.1, -0.05) is 48.5 Å². The molecule has 0 bridgehead atoms. The van der Waals surface area contributed by atoms with E-state index in [-0.39, 0.29) is 12.5 Å². The molecule has 0 saturated carbocycles. The third kappa shape index (κ3) is 3.61. The molecule has 1 aliphatic carbocycles. The highest BCUT2D eigenvalue weighted by molar-refractivity contribution is 5.79. The van der Waals surface area contributed by atoms with E-state index in [1.807, 2.05) is 53.8 Å². The fourth-order valence-corrected chi connectivity index (χ4v) is 2.95. The van der Waals surface area contributed by atoms with Crippen LogP contribution < -0.4 is 5.32 Å². The second kappa shape index (κ2) is 6.76. The maximum absolute atomic E-state index is 12.2. The topological polar surface area (TPSA) is 58.6 Å². The number of hydrogen-bond acceptors (Lipinski definition) is 3. The van der Waals surface area contributed by atoms with E-state index in [9.17, 15) is 18.0 Å². The van der Waals surface area contributed by atoms with Crippen LogP contribution in [0.5, 0.6) is 0 Å². The summed E-state index contributed by atoms with van der Waals surface area (Å²) in [6.45, 7) is -0.942. The van der Waals surface area contributed by atoms with Crippen molar-refractivity contribution in [3.05, 3.63) is 59.7 Å². The lowest BCUT2D eigenvalue weighted by molar-refractivity contribution is -0.201. The highest BCUT2D eigenvalue weighted by atomic mass is 19.4. The zero-order valence-electron chi connectivity index (χ0n) is 13.1. The van der Waals surface area contributed by atoms with Crippen LogP contribution in [-0.4, -0.2) is 36.6 Å². The Morgan fingerprint density at radius 3 is 2.12 bits per heavy atom. The molecule has 2 aromatic rings. The summed E-state index contributed by atoms with van der Waals surface area (Å²) in [5.41, 5.74) is 4.12. The van der Waals surface area contributed by atoms with Crippen LogP contribution in [0.4, 0.5) is 18.0 Å². The van der Waals surface area contributed by atoms with Gasteiger partial charge in [0.15, 0.2) is 6.10 Å². The fourth-order valence-electron chi connectivity index (χ4n) is 2.95. The summed E-state index contributed by atoms with van der Waals surface area (Å²) < 4.78 is 41.7.